The summed E-state index contributed by atoms with van der Waals surface area (Å²) >= 11 is 0. The first-order valence-electron chi connectivity index (χ1n) is 6.78. The van der Waals surface area contributed by atoms with E-state index in [2.05, 4.69) is 55.3 Å². The summed E-state index contributed by atoms with van der Waals surface area (Å²) in [5.41, 5.74) is 2.41. The number of fused-ring (bicyclic) bond motifs is 1. The van der Waals surface area contributed by atoms with Gasteiger partial charge in [-0.1, -0.05) is 32.0 Å². The van der Waals surface area contributed by atoms with Crippen LogP contribution in [-0.2, 0) is 0 Å². The van der Waals surface area contributed by atoms with Crippen molar-refractivity contribution in [1.82, 2.24) is 10.3 Å². The average Bonchev–Trinajstić information content (AvgIpc) is 2.38. The van der Waals surface area contributed by atoms with E-state index in [0.29, 0.717) is 12.0 Å². The van der Waals surface area contributed by atoms with E-state index >= 15 is 0 Å². The van der Waals surface area contributed by atoms with Gasteiger partial charge in [-0.2, -0.15) is 0 Å². The third kappa shape index (κ3) is 3.08. The molecule has 2 nitrogen and oxygen atoms in total. The summed E-state index contributed by atoms with van der Waals surface area (Å²) in [7, 11) is 0. The number of para-hydroxylation sites is 1. The Labute approximate surface area is 109 Å². The normalized spacial score (nSPS) is 14.6. The molecule has 0 saturated carbocycles. The highest BCUT2D eigenvalue weighted by Gasteiger charge is 2.10. The van der Waals surface area contributed by atoms with Crippen molar-refractivity contribution in [2.24, 2.45) is 0 Å². The molecule has 0 radical (unpaired) electrons. The number of nitrogens with zero attached hydrogens (tertiary/aromatic N) is 1. The molecule has 0 spiro atoms. The molecule has 18 heavy (non-hydrogen) atoms. The summed E-state index contributed by atoms with van der Waals surface area (Å²) in [4.78, 5) is 4.54. The fraction of sp³-hybridized carbons (Fsp3) is 0.438. The molecule has 0 aliphatic heterocycles. The molecule has 2 aromatic rings. The van der Waals surface area contributed by atoms with Crippen LogP contribution in [0.15, 0.2) is 36.5 Å². The Kier molecular flexibility index (Phi) is 4.32. The van der Waals surface area contributed by atoms with Gasteiger partial charge < -0.3 is 5.32 Å². The van der Waals surface area contributed by atoms with Crippen molar-refractivity contribution >= 4 is 10.9 Å². The maximum Gasteiger partial charge on any atom is 0.0702 e. The molecule has 1 aromatic heterocycles. The van der Waals surface area contributed by atoms with Crippen LogP contribution in [-0.4, -0.2) is 17.6 Å². The lowest BCUT2D eigenvalue weighted by molar-refractivity contribution is 0.491. The van der Waals surface area contributed by atoms with Crippen molar-refractivity contribution in [3.63, 3.8) is 0 Å². The number of rotatable bonds is 5. The maximum atomic E-state index is 4.54. The highest BCUT2D eigenvalue weighted by atomic mass is 14.9. The van der Waals surface area contributed by atoms with Gasteiger partial charge in [-0.3, -0.25) is 4.98 Å². The zero-order chi connectivity index (χ0) is 13.0. The molecule has 96 valence electrons. The highest BCUT2D eigenvalue weighted by molar-refractivity contribution is 5.78. The van der Waals surface area contributed by atoms with Crippen LogP contribution >= 0.6 is 0 Å². The fourth-order valence-corrected chi connectivity index (χ4v) is 2.46. The molecule has 0 saturated heterocycles. The lowest BCUT2D eigenvalue weighted by Crippen LogP contribution is -2.26. The Hall–Kier alpha value is -1.41. The van der Waals surface area contributed by atoms with Crippen molar-refractivity contribution in [3.8, 4) is 0 Å². The quantitative estimate of drug-likeness (QED) is 0.864. The first-order valence-corrected chi connectivity index (χ1v) is 6.78. The van der Waals surface area contributed by atoms with E-state index in [9.17, 15) is 0 Å². The van der Waals surface area contributed by atoms with Gasteiger partial charge >= 0.3 is 0 Å². The van der Waals surface area contributed by atoms with Gasteiger partial charge in [-0.15, -0.1) is 0 Å². The predicted molar refractivity (Wildman–Crippen MR) is 77.9 cm³/mol. The van der Waals surface area contributed by atoms with Crippen LogP contribution in [0.25, 0.3) is 10.9 Å². The largest absolute Gasteiger partial charge is 0.315 e. The zero-order valence-corrected chi connectivity index (χ0v) is 11.5. The Morgan fingerprint density at radius 1 is 1.22 bits per heavy atom. The van der Waals surface area contributed by atoms with E-state index in [1.807, 2.05) is 12.3 Å². The molecular formula is C16H22N2. The zero-order valence-electron chi connectivity index (χ0n) is 11.5. The van der Waals surface area contributed by atoms with E-state index in [-0.39, 0.29) is 0 Å². The number of pyridine rings is 1. The second kappa shape index (κ2) is 5.96. The molecule has 1 heterocycles. The standard InChI is InChI=1S/C16H22N2/c1-4-17-13(3)9-12(2)15-10-14-7-5-6-8-16(14)18-11-15/h5-8,10-13,17H,4,9H2,1-3H3. The summed E-state index contributed by atoms with van der Waals surface area (Å²) in [5, 5.41) is 4.70. The SMILES string of the molecule is CCNC(C)CC(C)c1cnc2ccccc2c1. The van der Waals surface area contributed by atoms with Crippen molar-refractivity contribution in [2.45, 2.75) is 39.2 Å². The Bertz CT molecular complexity index is 507. The molecule has 1 N–H and O–H groups in total. The number of benzene rings is 1. The molecule has 0 fully saturated rings. The molecule has 0 aliphatic rings. The van der Waals surface area contributed by atoms with Crippen LogP contribution in [0.2, 0.25) is 0 Å². The van der Waals surface area contributed by atoms with Crippen LogP contribution in [0.1, 0.15) is 38.7 Å². The number of hydrogen-bond acceptors (Lipinski definition) is 2. The van der Waals surface area contributed by atoms with E-state index < -0.39 is 0 Å². The van der Waals surface area contributed by atoms with Crippen molar-refractivity contribution in [3.05, 3.63) is 42.1 Å². The molecule has 0 aliphatic carbocycles. The monoisotopic (exact) mass is 242 g/mol. The number of aromatic nitrogens is 1. The van der Waals surface area contributed by atoms with E-state index in [1.165, 1.54) is 10.9 Å². The van der Waals surface area contributed by atoms with Gasteiger partial charge in [0.05, 0.1) is 5.52 Å². The second-order valence-corrected chi connectivity index (χ2v) is 5.06. The van der Waals surface area contributed by atoms with Crippen LogP contribution in [0.4, 0.5) is 0 Å². The molecule has 0 bridgehead atoms. The summed E-state index contributed by atoms with van der Waals surface area (Å²) in [6.07, 6.45) is 3.17. The molecular weight excluding hydrogens is 220 g/mol. The Balaban J connectivity index is 2.15. The molecule has 0 amide bonds. The molecule has 2 heteroatoms. The fourth-order valence-electron chi connectivity index (χ4n) is 2.46. The summed E-state index contributed by atoms with van der Waals surface area (Å²) < 4.78 is 0. The summed E-state index contributed by atoms with van der Waals surface area (Å²) in [6.45, 7) is 7.71. The Morgan fingerprint density at radius 3 is 2.78 bits per heavy atom. The van der Waals surface area contributed by atoms with Crippen LogP contribution in [0.5, 0.6) is 0 Å². The van der Waals surface area contributed by atoms with Gasteiger partial charge in [0.2, 0.25) is 0 Å². The molecule has 2 rings (SSSR count). The third-order valence-electron chi connectivity index (χ3n) is 3.44. The second-order valence-electron chi connectivity index (χ2n) is 5.06. The van der Waals surface area contributed by atoms with Gasteiger partial charge in [0, 0.05) is 17.6 Å². The minimum Gasteiger partial charge on any atom is -0.315 e. The summed E-state index contributed by atoms with van der Waals surface area (Å²) in [5.74, 6) is 0.538. The number of hydrogen-bond donors (Lipinski definition) is 1. The average molecular weight is 242 g/mol. The van der Waals surface area contributed by atoms with E-state index in [4.69, 9.17) is 0 Å². The van der Waals surface area contributed by atoms with E-state index in [0.717, 1.165) is 18.5 Å². The van der Waals surface area contributed by atoms with Crippen molar-refractivity contribution in [1.29, 1.82) is 0 Å². The van der Waals surface area contributed by atoms with Crippen LogP contribution in [0.3, 0.4) is 0 Å². The molecule has 2 unspecified atom stereocenters. The van der Waals surface area contributed by atoms with Crippen LogP contribution < -0.4 is 5.32 Å². The van der Waals surface area contributed by atoms with Gasteiger partial charge in [-0.05, 0) is 43.5 Å². The summed E-state index contributed by atoms with van der Waals surface area (Å²) in [6, 6.07) is 11.1. The lowest BCUT2D eigenvalue weighted by atomic mass is 9.95. The van der Waals surface area contributed by atoms with Gasteiger partial charge in [0.25, 0.3) is 0 Å². The molecule has 2 atom stereocenters. The topological polar surface area (TPSA) is 24.9 Å². The molecule has 1 aromatic carbocycles. The maximum absolute atomic E-state index is 4.54. The minimum absolute atomic E-state index is 0.538. The first-order chi connectivity index (χ1) is 8.70. The minimum atomic E-state index is 0.538. The van der Waals surface area contributed by atoms with Gasteiger partial charge in [0.15, 0.2) is 0 Å². The smallest absolute Gasteiger partial charge is 0.0702 e. The number of nitrogens with one attached hydrogen (secondary N) is 1. The van der Waals surface area contributed by atoms with Gasteiger partial charge in [0.1, 0.15) is 0 Å². The van der Waals surface area contributed by atoms with Gasteiger partial charge in [-0.25, -0.2) is 0 Å². The van der Waals surface area contributed by atoms with Crippen LogP contribution in [0, 0.1) is 0 Å². The van der Waals surface area contributed by atoms with E-state index in [1.54, 1.807) is 0 Å². The first kappa shape index (κ1) is 13.0. The van der Waals surface area contributed by atoms with Crippen molar-refractivity contribution in [2.75, 3.05) is 6.54 Å². The predicted octanol–water partition coefficient (Wildman–Crippen LogP) is 3.73. The lowest BCUT2D eigenvalue weighted by Gasteiger charge is -2.18. The third-order valence-corrected chi connectivity index (χ3v) is 3.44. The Morgan fingerprint density at radius 2 is 2.00 bits per heavy atom. The van der Waals surface area contributed by atoms with Crippen molar-refractivity contribution < 1.29 is 0 Å². The highest BCUT2D eigenvalue weighted by Crippen LogP contribution is 2.23.